The Morgan fingerprint density at radius 3 is 2.62 bits per heavy atom. The fraction of sp³-hybridized carbons (Fsp3) is 0.667. The van der Waals surface area contributed by atoms with Crippen LogP contribution in [0, 0.1) is 0 Å². The van der Waals surface area contributed by atoms with Gasteiger partial charge in [-0.25, -0.2) is 0 Å². The summed E-state index contributed by atoms with van der Waals surface area (Å²) in [6, 6.07) is 11.0. The summed E-state index contributed by atoms with van der Waals surface area (Å²) >= 11 is 0. The Labute approximate surface area is 128 Å². The van der Waals surface area contributed by atoms with E-state index in [1.54, 1.807) is 0 Å². The summed E-state index contributed by atoms with van der Waals surface area (Å²) in [4.78, 5) is 2.45. The van der Waals surface area contributed by atoms with Crippen molar-refractivity contribution < 1.29 is 9.47 Å². The Kier molecular flexibility index (Phi) is 4.34. The van der Waals surface area contributed by atoms with Gasteiger partial charge in [-0.1, -0.05) is 43.2 Å². The zero-order valence-corrected chi connectivity index (χ0v) is 13.4. The lowest BCUT2D eigenvalue weighted by atomic mass is 9.88. The van der Waals surface area contributed by atoms with Gasteiger partial charge in [0.05, 0.1) is 18.8 Å². The topological polar surface area (TPSA) is 21.7 Å². The summed E-state index contributed by atoms with van der Waals surface area (Å²) in [6.07, 6.45) is 5.40. The summed E-state index contributed by atoms with van der Waals surface area (Å²) in [7, 11) is 2.22. The van der Waals surface area contributed by atoms with Gasteiger partial charge in [0.1, 0.15) is 0 Å². The normalized spacial score (nSPS) is 33.9. The van der Waals surface area contributed by atoms with Crippen LogP contribution in [0.1, 0.15) is 45.1 Å². The lowest BCUT2D eigenvalue weighted by molar-refractivity contribution is -0.326. The lowest BCUT2D eigenvalue weighted by Gasteiger charge is -2.51. The third-order valence-corrected chi connectivity index (χ3v) is 4.67. The molecule has 2 fully saturated rings. The van der Waals surface area contributed by atoms with E-state index in [-0.39, 0.29) is 12.2 Å². The zero-order chi connectivity index (χ0) is 14.9. The first-order valence-electron chi connectivity index (χ1n) is 8.22. The van der Waals surface area contributed by atoms with Gasteiger partial charge in [0, 0.05) is 11.6 Å². The molecule has 3 heteroatoms. The zero-order valence-electron chi connectivity index (χ0n) is 13.4. The van der Waals surface area contributed by atoms with E-state index in [4.69, 9.17) is 9.47 Å². The van der Waals surface area contributed by atoms with E-state index in [2.05, 4.69) is 50.1 Å². The van der Waals surface area contributed by atoms with Crippen LogP contribution in [-0.4, -0.2) is 36.7 Å². The quantitative estimate of drug-likeness (QED) is 0.849. The molecule has 3 rings (SSSR count). The molecule has 1 aliphatic carbocycles. The molecular weight excluding hydrogens is 262 g/mol. The number of ether oxygens (including phenoxy) is 2. The molecule has 0 amide bonds. The number of fused-ring (bicyclic) bond motifs is 1. The maximum atomic E-state index is 6.58. The van der Waals surface area contributed by atoms with Gasteiger partial charge >= 0.3 is 0 Å². The second kappa shape index (κ2) is 6.07. The minimum atomic E-state index is -0.622. The van der Waals surface area contributed by atoms with E-state index in [0.29, 0.717) is 6.04 Å². The predicted molar refractivity (Wildman–Crippen MR) is 84.1 cm³/mol. The van der Waals surface area contributed by atoms with Crippen LogP contribution in [0.15, 0.2) is 30.3 Å². The number of nitrogens with zero attached hydrogens (tertiary/aromatic N) is 1. The van der Waals surface area contributed by atoms with Crippen LogP contribution in [0.3, 0.4) is 0 Å². The van der Waals surface area contributed by atoms with Crippen molar-refractivity contribution in [3.63, 3.8) is 0 Å². The highest BCUT2D eigenvalue weighted by Crippen LogP contribution is 2.40. The molecule has 1 aliphatic heterocycles. The van der Waals surface area contributed by atoms with E-state index in [0.717, 1.165) is 18.5 Å². The Bertz CT molecular complexity index is 462. The van der Waals surface area contributed by atoms with E-state index in [9.17, 15) is 0 Å². The molecule has 1 saturated carbocycles. The van der Waals surface area contributed by atoms with Crippen LogP contribution < -0.4 is 0 Å². The van der Waals surface area contributed by atoms with Gasteiger partial charge < -0.3 is 9.47 Å². The number of morpholine rings is 1. The molecule has 3 nitrogen and oxygen atoms in total. The summed E-state index contributed by atoms with van der Waals surface area (Å²) in [6.45, 7) is 4.97. The van der Waals surface area contributed by atoms with Crippen LogP contribution >= 0.6 is 0 Å². The highest BCUT2D eigenvalue weighted by atomic mass is 16.7. The number of hydrogen-bond donors (Lipinski definition) is 0. The van der Waals surface area contributed by atoms with E-state index >= 15 is 0 Å². The van der Waals surface area contributed by atoms with E-state index in [1.165, 1.54) is 19.3 Å². The average Bonchev–Trinajstić information content (AvgIpc) is 2.47. The Morgan fingerprint density at radius 1 is 1.19 bits per heavy atom. The molecule has 0 aromatic heterocycles. The number of benzene rings is 1. The Morgan fingerprint density at radius 2 is 1.90 bits per heavy atom. The summed E-state index contributed by atoms with van der Waals surface area (Å²) < 4.78 is 12.9. The minimum Gasteiger partial charge on any atom is -0.342 e. The van der Waals surface area contributed by atoms with Gasteiger partial charge in [-0.2, -0.15) is 0 Å². The molecule has 1 heterocycles. The van der Waals surface area contributed by atoms with Crippen molar-refractivity contribution in [1.29, 1.82) is 0 Å². The maximum Gasteiger partial charge on any atom is 0.208 e. The lowest BCUT2D eigenvalue weighted by Crippen LogP contribution is -2.60. The average molecular weight is 289 g/mol. The molecule has 116 valence electrons. The van der Waals surface area contributed by atoms with Gasteiger partial charge in [0.2, 0.25) is 5.79 Å². The second-order valence-electron chi connectivity index (χ2n) is 6.71. The first-order valence-corrected chi connectivity index (χ1v) is 8.22. The predicted octanol–water partition coefficient (Wildman–Crippen LogP) is 3.54. The van der Waals surface area contributed by atoms with Crippen LogP contribution in [0.2, 0.25) is 0 Å². The van der Waals surface area contributed by atoms with Gasteiger partial charge in [-0.3, -0.25) is 4.90 Å². The Balaban J connectivity index is 1.93. The van der Waals surface area contributed by atoms with Crippen LogP contribution in [0.25, 0.3) is 0 Å². The monoisotopic (exact) mass is 289 g/mol. The largest absolute Gasteiger partial charge is 0.342 e. The molecule has 21 heavy (non-hydrogen) atoms. The highest BCUT2D eigenvalue weighted by Gasteiger charge is 2.47. The number of likely N-dealkylation sites (N-methyl/N-ethyl adjacent to an activating group) is 1. The molecule has 0 radical (unpaired) electrons. The molecule has 2 aliphatic rings. The van der Waals surface area contributed by atoms with Crippen molar-refractivity contribution in [2.45, 2.75) is 63.6 Å². The van der Waals surface area contributed by atoms with Crippen molar-refractivity contribution in [3.8, 4) is 0 Å². The van der Waals surface area contributed by atoms with Crippen LogP contribution in [-0.2, 0) is 15.3 Å². The van der Waals surface area contributed by atoms with E-state index < -0.39 is 5.79 Å². The van der Waals surface area contributed by atoms with Crippen molar-refractivity contribution in [1.82, 2.24) is 4.90 Å². The van der Waals surface area contributed by atoms with Crippen molar-refractivity contribution >= 4 is 0 Å². The Hall–Kier alpha value is -0.900. The van der Waals surface area contributed by atoms with Crippen molar-refractivity contribution in [3.05, 3.63) is 35.9 Å². The molecule has 1 saturated heterocycles. The van der Waals surface area contributed by atoms with Gasteiger partial charge in [-0.15, -0.1) is 0 Å². The summed E-state index contributed by atoms with van der Waals surface area (Å²) in [5.41, 5.74) is 1.13. The number of rotatable bonds is 3. The third kappa shape index (κ3) is 3.01. The van der Waals surface area contributed by atoms with Gasteiger partial charge in [0.25, 0.3) is 0 Å². The smallest absolute Gasteiger partial charge is 0.208 e. The fourth-order valence-electron chi connectivity index (χ4n) is 3.81. The van der Waals surface area contributed by atoms with Gasteiger partial charge in [0.15, 0.2) is 0 Å². The standard InChI is InChI=1S/C18H27NO2/c1-14(2)20-18(15-9-5-4-6-10-15)13-19(3)16-11-7-8-12-17(16)21-18/h4-6,9-10,14,16-17H,7-8,11-13H2,1-3H3. The van der Waals surface area contributed by atoms with Crippen molar-refractivity contribution in [2.24, 2.45) is 0 Å². The first-order chi connectivity index (χ1) is 10.1. The SMILES string of the molecule is CC(C)OC1(c2ccccc2)CN(C)C2CCCCC2O1. The summed E-state index contributed by atoms with van der Waals surface area (Å²) in [5.74, 6) is -0.622. The molecule has 1 aromatic rings. The minimum absolute atomic E-state index is 0.138. The molecule has 3 unspecified atom stereocenters. The molecule has 3 atom stereocenters. The van der Waals surface area contributed by atoms with Crippen LogP contribution in [0.4, 0.5) is 0 Å². The van der Waals surface area contributed by atoms with E-state index in [1.807, 2.05) is 6.07 Å². The third-order valence-electron chi connectivity index (χ3n) is 4.67. The maximum absolute atomic E-state index is 6.58. The second-order valence-corrected chi connectivity index (χ2v) is 6.71. The highest BCUT2D eigenvalue weighted by molar-refractivity contribution is 5.22. The summed E-state index contributed by atoms with van der Waals surface area (Å²) in [5, 5.41) is 0. The molecule has 1 aromatic carbocycles. The van der Waals surface area contributed by atoms with Crippen LogP contribution in [0.5, 0.6) is 0 Å². The molecular formula is C18H27NO2. The molecule has 0 bridgehead atoms. The number of hydrogen-bond acceptors (Lipinski definition) is 3. The van der Waals surface area contributed by atoms with Crippen molar-refractivity contribution in [2.75, 3.05) is 13.6 Å². The first kappa shape index (κ1) is 15.0. The van der Waals surface area contributed by atoms with Gasteiger partial charge in [-0.05, 0) is 33.7 Å². The fourth-order valence-corrected chi connectivity index (χ4v) is 3.81. The molecule has 0 N–H and O–H groups in total. The molecule has 0 spiro atoms.